The van der Waals surface area contributed by atoms with Gasteiger partial charge in [0.25, 0.3) is 5.91 Å². The van der Waals surface area contributed by atoms with Crippen molar-refractivity contribution in [2.45, 2.75) is 39.5 Å². The van der Waals surface area contributed by atoms with Gasteiger partial charge in [-0.05, 0) is 79.6 Å². The summed E-state index contributed by atoms with van der Waals surface area (Å²) in [5, 5.41) is 3.26. The number of fused-ring (bicyclic) bond motifs is 1. The molecule has 0 radical (unpaired) electrons. The van der Waals surface area contributed by atoms with E-state index in [1.807, 2.05) is 38.1 Å². The number of carbonyl (C=O) groups excluding carboxylic acids is 2. The molecule has 0 spiro atoms. The maximum Gasteiger partial charge on any atom is 0.251 e. The lowest BCUT2D eigenvalue weighted by molar-refractivity contribution is -0.118. The third-order valence-corrected chi connectivity index (χ3v) is 5.82. The summed E-state index contributed by atoms with van der Waals surface area (Å²) in [5.41, 5.74) is 3.96. The van der Waals surface area contributed by atoms with Crippen LogP contribution < -0.4 is 10.1 Å². The fourth-order valence-electron chi connectivity index (χ4n) is 3.85. The summed E-state index contributed by atoms with van der Waals surface area (Å²) in [6.07, 6.45) is 5.16. The summed E-state index contributed by atoms with van der Waals surface area (Å²) in [5.74, 6) is 1.79. The topological polar surface area (TPSA) is 68.3 Å². The van der Waals surface area contributed by atoms with Crippen molar-refractivity contribution < 1.29 is 18.7 Å². The molecule has 1 aromatic heterocycles. The zero-order valence-corrected chi connectivity index (χ0v) is 18.4. The second kappa shape index (κ2) is 9.47. The third-order valence-electron chi connectivity index (χ3n) is 5.82. The molecule has 1 saturated carbocycles. The van der Waals surface area contributed by atoms with Gasteiger partial charge in [0.1, 0.15) is 24.0 Å². The second-order valence-electron chi connectivity index (χ2n) is 8.49. The van der Waals surface area contributed by atoms with Crippen LogP contribution in [0.15, 0.2) is 42.6 Å². The highest BCUT2D eigenvalue weighted by Crippen LogP contribution is 2.34. The van der Waals surface area contributed by atoms with Crippen LogP contribution in [0.3, 0.4) is 0 Å². The van der Waals surface area contributed by atoms with Gasteiger partial charge in [0.05, 0.1) is 5.52 Å². The van der Waals surface area contributed by atoms with Gasteiger partial charge in [-0.3, -0.25) is 14.6 Å². The van der Waals surface area contributed by atoms with E-state index in [-0.39, 0.29) is 12.5 Å². The quantitative estimate of drug-likeness (QED) is 0.499. The number of benzene rings is 2. The Morgan fingerprint density at radius 3 is 2.66 bits per heavy atom. The Balaban J connectivity index is 1.57. The average molecular weight is 435 g/mol. The van der Waals surface area contributed by atoms with Gasteiger partial charge in [-0.25, -0.2) is 4.39 Å². The third kappa shape index (κ3) is 5.13. The van der Waals surface area contributed by atoms with Gasteiger partial charge in [-0.2, -0.15) is 0 Å². The van der Waals surface area contributed by atoms with E-state index >= 15 is 0 Å². The van der Waals surface area contributed by atoms with Crippen molar-refractivity contribution in [2.75, 3.05) is 13.2 Å². The Labute approximate surface area is 187 Å². The van der Waals surface area contributed by atoms with Gasteiger partial charge in [-0.1, -0.05) is 6.07 Å². The number of aryl methyl sites for hydroxylation is 2. The first-order valence-corrected chi connectivity index (χ1v) is 11.0. The molecule has 1 amide bonds. The molecular formula is C26H27FN2O3. The normalized spacial score (nSPS) is 13.2. The number of nitrogens with zero attached hydrogens (tertiary/aromatic N) is 1. The molecule has 4 rings (SSSR count). The largest absolute Gasteiger partial charge is 0.457 e. The predicted octanol–water partition coefficient (Wildman–Crippen LogP) is 5.25. The molecule has 1 fully saturated rings. The summed E-state index contributed by atoms with van der Waals surface area (Å²) in [6.45, 7) is 3.16. The molecule has 1 aliphatic rings. The van der Waals surface area contributed by atoms with Gasteiger partial charge < -0.3 is 10.1 Å². The fourth-order valence-corrected chi connectivity index (χ4v) is 3.85. The lowest BCUT2D eigenvalue weighted by atomic mass is 10.0. The Hall–Kier alpha value is -3.28. The number of rotatable bonds is 9. The van der Waals surface area contributed by atoms with Gasteiger partial charge in [0.2, 0.25) is 0 Å². The minimum Gasteiger partial charge on any atom is -0.457 e. The number of pyridine rings is 1. The van der Waals surface area contributed by atoms with Crippen molar-refractivity contribution in [3.05, 3.63) is 64.8 Å². The Bertz CT molecular complexity index is 1170. The van der Waals surface area contributed by atoms with Gasteiger partial charge in [-0.15, -0.1) is 0 Å². The SMILES string of the molecule is Cc1cc(Oc2ccnc3cc(C)c(C(=O)NCCF)cc23)ccc1CC(=O)CC1CC1. The van der Waals surface area contributed by atoms with E-state index in [4.69, 9.17) is 4.74 Å². The maximum absolute atomic E-state index is 12.5. The lowest BCUT2D eigenvalue weighted by Crippen LogP contribution is -2.26. The zero-order valence-electron chi connectivity index (χ0n) is 18.4. The van der Waals surface area contributed by atoms with Crippen molar-refractivity contribution in [2.24, 2.45) is 5.92 Å². The maximum atomic E-state index is 12.5. The van der Waals surface area contributed by atoms with Crippen LogP contribution in [0.2, 0.25) is 0 Å². The number of carbonyl (C=O) groups is 2. The Morgan fingerprint density at radius 1 is 1.12 bits per heavy atom. The number of ketones is 1. The van der Waals surface area contributed by atoms with Crippen LogP contribution in [0, 0.1) is 19.8 Å². The fraction of sp³-hybridized carbons (Fsp3) is 0.346. The van der Waals surface area contributed by atoms with E-state index in [1.165, 1.54) is 12.8 Å². The van der Waals surface area contributed by atoms with Crippen molar-refractivity contribution in [3.63, 3.8) is 0 Å². The molecule has 1 heterocycles. The van der Waals surface area contributed by atoms with Crippen LogP contribution in [0.4, 0.5) is 4.39 Å². The molecule has 1 aliphatic carbocycles. The number of ether oxygens (including phenoxy) is 1. The molecule has 0 saturated heterocycles. The molecule has 3 aromatic rings. The van der Waals surface area contributed by atoms with Crippen LogP contribution in [-0.4, -0.2) is 29.9 Å². The van der Waals surface area contributed by atoms with Crippen molar-refractivity contribution in [3.8, 4) is 11.5 Å². The molecule has 2 aromatic carbocycles. The van der Waals surface area contributed by atoms with Crippen LogP contribution >= 0.6 is 0 Å². The van der Waals surface area contributed by atoms with E-state index in [9.17, 15) is 14.0 Å². The molecule has 32 heavy (non-hydrogen) atoms. The second-order valence-corrected chi connectivity index (χ2v) is 8.49. The average Bonchev–Trinajstić information content (AvgIpc) is 3.57. The number of aromatic nitrogens is 1. The predicted molar refractivity (Wildman–Crippen MR) is 122 cm³/mol. The molecule has 1 N–H and O–H groups in total. The Kier molecular flexibility index (Phi) is 6.49. The monoisotopic (exact) mass is 434 g/mol. The first-order chi connectivity index (χ1) is 15.4. The first-order valence-electron chi connectivity index (χ1n) is 11.0. The van der Waals surface area contributed by atoms with Gasteiger partial charge >= 0.3 is 0 Å². The van der Waals surface area contributed by atoms with E-state index in [0.717, 1.165) is 16.7 Å². The van der Waals surface area contributed by atoms with E-state index < -0.39 is 6.67 Å². The minimum atomic E-state index is -0.615. The number of Topliss-reactive ketones (excluding diaryl/α,β-unsaturated/α-hetero) is 1. The minimum absolute atomic E-state index is 0.0263. The standard InChI is InChI=1S/C26H27FN2O3/c1-16-11-21(6-5-19(16)14-20(30)13-18-3-4-18)32-25-7-9-28-24-12-17(2)22(15-23(24)25)26(31)29-10-8-27/h5-7,9,11-12,15,18H,3-4,8,10,13-14H2,1-2H3,(H,29,31). The smallest absolute Gasteiger partial charge is 0.251 e. The summed E-state index contributed by atoms with van der Waals surface area (Å²) in [4.78, 5) is 29.0. The number of alkyl halides is 1. The number of nitrogens with one attached hydrogen (secondary N) is 1. The highest BCUT2D eigenvalue weighted by molar-refractivity contribution is 6.00. The molecule has 0 unspecified atom stereocenters. The lowest BCUT2D eigenvalue weighted by Gasteiger charge is -2.13. The highest BCUT2D eigenvalue weighted by atomic mass is 19.1. The summed E-state index contributed by atoms with van der Waals surface area (Å²) >= 11 is 0. The van der Waals surface area contributed by atoms with Crippen molar-refractivity contribution in [1.29, 1.82) is 0 Å². The Morgan fingerprint density at radius 2 is 1.94 bits per heavy atom. The number of hydrogen-bond acceptors (Lipinski definition) is 4. The molecule has 0 atom stereocenters. The zero-order chi connectivity index (χ0) is 22.7. The molecular weight excluding hydrogens is 407 g/mol. The summed E-state index contributed by atoms with van der Waals surface area (Å²) in [6, 6.07) is 11.0. The van der Waals surface area contributed by atoms with Crippen LogP contribution in [0.5, 0.6) is 11.5 Å². The number of hydrogen-bond donors (Lipinski definition) is 1. The van der Waals surface area contributed by atoms with Crippen LogP contribution in [0.1, 0.15) is 46.3 Å². The molecule has 0 aliphatic heterocycles. The first kappa shape index (κ1) is 21.9. The highest BCUT2D eigenvalue weighted by Gasteiger charge is 2.24. The summed E-state index contributed by atoms with van der Waals surface area (Å²) < 4.78 is 18.6. The molecule has 5 nitrogen and oxygen atoms in total. The van der Waals surface area contributed by atoms with E-state index in [1.54, 1.807) is 18.3 Å². The van der Waals surface area contributed by atoms with Crippen molar-refractivity contribution >= 4 is 22.6 Å². The molecule has 6 heteroatoms. The van der Waals surface area contributed by atoms with Crippen LogP contribution in [0.25, 0.3) is 10.9 Å². The van der Waals surface area contributed by atoms with E-state index in [0.29, 0.717) is 52.5 Å². The molecule has 0 bridgehead atoms. The number of halogens is 1. The van der Waals surface area contributed by atoms with Gasteiger partial charge in [0, 0.05) is 36.5 Å². The molecule has 166 valence electrons. The van der Waals surface area contributed by atoms with Gasteiger partial charge in [0.15, 0.2) is 0 Å². The summed E-state index contributed by atoms with van der Waals surface area (Å²) in [7, 11) is 0. The van der Waals surface area contributed by atoms with Crippen molar-refractivity contribution in [1.82, 2.24) is 10.3 Å². The van der Waals surface area contributed by atoms with E-state index in [2.05, 4.69) is 10.3 Å². The van der Waals surface area contributed by atoms with Crippen LogP contribution in [-0.2, 0) is 11.2 Å². The number of amides is 1.